The molecule has 0 bridgehead atoms. The minimum absolute atomic E-state index is 0.482. The van der Waals surface area contributed by atoms with Gasteiger partial charge in [0.05, 0.1) is 12.2 Å². The van der Waals surface area contributed by atoms with Crippen LogP contribution in [0.4, 0.5) is 5.69 Å². The predicted octanol–water partition coefficient (Wildman–Crippen LogP) is 3.34. The molecule has 0 unspecified atom stereocenters. The summed E-state index contributed by atoms with van der Waals surface area (Å²) in [5.74, 6) is 3.40. The molecule has 2 aromatic rings. The number of benzene rings is 1. The fourth-order valence-corrected chi connectivity index (χ4v) is 4.70. The highest BCUT2D eigenvalue weighted by molar-refractivity contribution is 5.80. The third-order valence-corrected chi connectivity index (χ3v) is 6.88. The molecule has 4 rings (SSSR count). The molecule has 2 aliphatic rings. The van der Waals surface area contributed by atoms with Gasteiger partial charge >= 0.3 is 0 Å². The van der Waals surface area contributed by atoms with Crippen LogP contribution >= 0.6 is 0 Å². The van der Waals surface area contributed by atoms with Gasteiger partial charge in [0, 0.05) is 38.4 Å². The van der Waals surface area contributed by atoms with E-state index in [0.29, 0.717) is 12.0 Å². The Morgan fingerprint density at radius 3 is 2.41 bits per heavy atom. The summed E-state index contributed by atoms with van der Waals surface area (Å²) in [6, 6.07) is 11.2. The first kappa shape index (κ1) is 22.6. The lowest BCUT2D eigenvalue weighted by Crippen LogP contribution is -2.50. The second-order valence-electron chi connectivity index (χ2n) is 9.16. The molecule has 2 N–H and O–H groups in total. The van der Waals surface area contributed by atoms with Crippen LogP contribution in [0.2, 0.25) is 0 Å². The molecule has 7 heteroatoms. The molecule has 1 aromatic heterocycles. The maximum atomic E-state index is 5.75. The van der Waals surface area contributed by atoms with Crippen molar-refractivity contribution >= 4 is 11.6 Å². The van der Waals surface area contributed by atoms with E-state index in [2.05, 4.69) is 60.7 Å². The number of anilines is 1. The number of nitrogens with zero attached hydrogens (tertiary/aromatic N) is 4. The van der Waals surface area contributed by atoms with E-state index >= 15 is 0 Å². The zero-order valence-corrected chi connectivity index (χ0v) is 19.8. The van der Waals surface area contributed by atoms with Gasteiger partial charge in [-0.15, -0.1) is 0 Å². The first-order valence-corrected chi connectivity index (χ1v) is 12.0. The number of rotatable bonds is 6. The Morgan fingerprint density at radius 2 is 1.78 bits per heavy atom. The summed E-state index contributed by atoms with van der Waals surface area (Å²) in [5, 5.41) is 7.23. The molecule has 3 heterocycles. The van der Waals surface area contributed by atoms with Gasteiger partial charge in [-0.3, -0.25) is 9.89 Å². The molecule has 0 aliphatic carbocycles. The first-order chi connectivity index (χ1) is 15.6. The number of nitrogens with one attached hydrogen (secondary N) is 2. The van der Waals surface area contributed by atoms with E-state index in [4.69, 9.17) is 4.42 Å². The first-order valence-electron chi connectivity index (χ1n) is 12.0. The van der Waals surface area contributed by atoms with Crippen LogP contribution in [-0.4, -0.2) is 61.7 Å². The average Bonchev–Trinajstić information content (AvgIpc) is 3.15. The lowest BCUT2D eigenvalue weighted by Gasteiger charge is -2.35. The van der Waals surface area contributed by atoms with Crippen molar-refractivity contribution in [3.05, 3.63) is 47.7 Å². The second kappa shape index (κ2) is 10.9. The van der Waals surface area contributed by atoms with Gasteiger partial charge in [0.25, 0.3) is 0 Å². The van der Waals surface area contributed by atoms with E-state index in [1.165, 1.54) is 18.5 Å². The van der Waals surface area contributed by atoms with Crippen molar-refractivity contribution < 1.29 is 4.42 Å². The highest BCUT2D eigenvalue weighted by atomic mass is 16.4. The van der Waals surface area contributed by atoms with Crippen molar-refractivity contribution in [3.8, 4) is 0 Å². The predicted molar refractivity (Wildman–Crippen MR) is 130 cm³/mol. The van der Waals surface area contributed by atoms with Crippen LogP contribution in [0.25, 0.3) is 0 Å². The van der Waals surface area contributed by atoms with Crippen LogP contribution < -0.4 is 15.5 Å². The molecule has 0 spiro atoms. The van der Waals surface area contributed by atoms with Crippen LogP contribution in [0, 0.1) is 19.8 Å². The fourth-order valence-electron chi connectivity index (χ4n) is 4.70. The lowest BCUT2D eigenvalue weighted by molar-refractivity contribution is 0.164. The summed E-state index contributed by atoms with van der Waals surface area (Å²) in [5.41, 5.74) is 2.33. The molecule has 2 aliphatic heterocycles. The van der Waals surface area contributed by atoms with Crippen molar-refractivity contribution in [1.29, 1.82) is 0 Å². The van der Waals surface area contributed by atoms with Crippen LogP contribution in [-0.2, 0) is 6.54 Å². The standard InChI is InChI=1S/C25H38N6O/c1-19-20(2)32-24(28-19)18-30-13-9-21(10-14-30)17-27-25(26-3)29-22-11-15-31(16-12-22)23-7-5-4-6-8-23/h4-8,21-22H,9-18H2,1-3H3,(H2,26,27,29). The van der Waals surface area contributed by atoms with Crippen LogP contribution in [0.5, 0.6) is 0 Å². The van der Waals surface area contributed by atoms with Crippen LogP contribution in [0.1, 0.15) is 43.0 Å². The maximum Gasteiger partial charge on any atom is 0.208 e. The number of guanidine groups is 1. The number of piperidine rings is 2. The number of hydrogen-bond acceptors (Lipinski definition) is 5. The SMILES string of the molecule is CN=C(NCC1CCN(Cc2nc(C)c(C)o2)CC1)NC1CCN(c2ccccc2)CC1. The normalized spacial score (nSPS) is 19.3. The number of aliphatic imine (C=N–C) groups is 1. The second-order valence-corrected chi connectivity index (χ2v) is 9.16. The van der Waals surface area contributed by atoms with E-state index in [9.17, 15) is 0 Å². The smallest absolute Gasteiger partial charge is 0.208 e. The van der Waals surface area contributed by atoms with Gasteiger partial charge in [0.15, 0.2) is 5.96 Å². The molecule has 7 nitrogen and oxygen atoms in total. The van der Waals surface area contributed by atoms with Crippen LogP contribution in [0.3, 0.4) is 0 Å². The van der Waals surface area contributed by atoms with Crippen molar-refractivity contribution in [1.82, 2.24) is 20.5 Å². The van der Waals surface area contributed by atoms with Gasteiger partial charge < -0.3 is 20.0 Å². The molecule has 0 saturated carbocycles. The largest absolute Gasteiger partial charge is 0.444 e. The highest BCUT2D eigenvalue weighted by Crippen LogP contribution is 2.21. The van der Waals surface area contributed by atoms with Crippen LogP contribution in [0.15, 0.2) is 39.7 Å². The molecule has 0 amide bonds. The Hall–Kier alpha value is -2.54. The van der Waals surface area contributed by atoms with Crippen molar-refractivity contribution in [3.63, 3.8) is 0 Å². The Bertz CT molecular complexity index is 844. The highest BCUT2D eigenvalue weighted by Gasteiger charge is 2.23. The van der Waals surface area contributed by atoms with Crippen molar-refractivity contribution in [2.45, 2.75) is 52.1 Å². The van der Waals surface area contributed by atoms with E-state index in [1.807, 2.05) is 20.9 Å². The molecular formula is C25H38N6O. The maximum absolute atomic E-state index is 5.75. The topological polar surface area (TPSA) is 68.9 Å². The van der Waals surface area contributed by atoms with Gasteiger partial charge in [-0.2, -0.15) is 0 Å². The number of aryl methyl sites for hydroxylation is 2. The summed E-state index contributed by atoms with van der Waals surface area (Å²) >= 11 is 0. The van der Waals surface area contributed by atoms with Gasteiger partial charge in [0.1, 0.15) is 5.76 Å². The summed E-state index contributed by atoms with van der Waals surface area (Å²) in [6.07, 6.45) is 4.65. The molecule has 2 saturated heterocycles. The van der Waals surface area contributed by atoms with Gasteiger partial charge in [-0.1, -0.05) is 18.2 Å². The van der Waals surface area contributed by atoms with Gasteiger partial charge in [-0.05, 0) is 70.7 Å². The van der Waals surface area contributed by atoms with Crippen molar-refractivity contribution in [2.75, 3.05) is 44.7 Å². The number of para-hydroxylation sites is 1. The van der Waals surface area contributed by atoms with Gasteiger partial charge in [-0.25, -0.2) is 4.98 Å². The number of likely N-dealkylation sites (tertiary alicyclic amines) is 1. The number of hydrogen-bond donors (Lipinski definition) is 2. The Kier molecular flexibility index (Phi) is 7.68. The average molecular weight is 439 g/mol. The fraction of sp³-hybridized carbons (Fsp3) is 0.600. The third-order valence-electron chi connectivity index (χ3n) is 6.88. The zero-order chi connectivity index (χ0) is 22.3. The van der Waals surface area contributed by atoms with Crippen molar-refractivity contribution in [2.24, 2.45) is 10.9 Å². The Labute approximate surface area is 192 Å². The summed E-state index contributed by atoms with van der Waals surface area (Å²) in [7, 11) is 1.87. The molecular weight excluding hydrogens is 400 g/mol. The van der Waals surface area contributed by atoms with E-state index in [-0.39, 0.29) is 0 Å². The monoisotopic (exact) mass is 438 g/mol. The van der Waals surface area contributed by atoms with E-state index in [1.54, 1.807) is 0 Å². The minimum Gasteiger partial charge on any atom is -0.444 e. The Morgan fingerprint density at radius 1 is 1.06 bits per heavy atom. The molecule has 0 radical (unpaired) electrons. The third kappa shape index (κ3) is 6.03. The zero-order valence-electron chi connectivity index (χ0n) is 19.8. The molecule has 1 aromatic carbocycles. The minimum atomic E-state index is 0.482. The number of aromatic nitrogens is 1. The molecule has 2 fully saturated rings. The summed E-state index contributed by atoms with van der Waals surface area (Å²) in [6.45, 7) is 10.1. The number of oxazole rings is 1. The van der Waals surface area contributed by atoms with E-state index < -0.39 is 0 Å². The quantitative estimate of drug-likeness (QED) is 0.533. The summed E-state index contributed by atoms with van der Waals surface area (Å²) < 4.78 is 5.75. The summed E-state index contributed by atoms with van der Waals surface area (Å²) in [4.78, 5) is 13.9. The van der Waals surface area contributed by atoms with Gasteiger partial charge in [0.2, 0.25) is 5.89 Å². The molecule has 174 valence electrons. The molecule has 32 heavy (non-hydrogen) atoms. The Balaban J connectivity index is 1.15. The van der Waals surface area contributed by atoms with E-state index in [0.717, 1.165) is 75.4 Å². The lowest BCUT2D eigenvalue weighted by atomic mass is 9.97. The molecule has 0 atom stereocenters.